The SMILES string of the molecule is COc1ccc(NC(=O)c2c(C)c(N3CCOCC3)c(C)n2Cc2c(F)cccc2F)cc1OC. The largest absolute Gasteiger partial charge is 0.493 e. The third kappa shape index (κ3) is 4.81. The van der Waals surface area contributed by atoms with Gasteiger partial charge in [0, 0.05) is 41.7 Å². The van der Waals surface area contributed by atoms with Crippen molar-refractivity contribution in [1.29, 1.82) is 0 Å². The third-order valence-electron chi connectivity index (χ3n) is 6.29. The number of morpholine rings is 1. The molecule has 0 atom stereocenters. The molecule has 1 amide bonds. The van der Waals surface area contributed by atoms with Crippen molar-refractivity contribution in [2.45, 2.75) is 20.4 Å². The lowest BCUT2D eigenvalue weighted by Gasteiger charge is -2.29. The van der Waals surface area contributed by atoms with Gasteiger partial charge in [-0.1, -0.05) is 6.07 Å². The molecule has 3 aromatic rings. The monoisotopic (exact) mass is 485 g/mol. The van der Waals surface area contributed by atoms with Crippen LogP contribution in [0.5, 0.6) is 11.5 Å². The van der Waals surface area contributed by atoms with Crippen molar-refractivity contribution in [3.63, 3.8) is 0 Å². The van der Waals surface area contributed by atoms with Gasteiger partial charge in [0.05, 0.1) is 39.7 Å². The van der Waals surface area contributed by atoms with Gasteiger partial charge in [-0.05, 0) is 38.1 Å². The fourth-order valence-corrected chi connectivity index (χ4v) is 4.57. The summed E-state index contributed by atoms with van der Waals surface area (Å²) >= 11 is 0. The van der Waals surface area contributed by atoms with E-state index in [1.807, 2.05) is 13.8 Å². The van der Waals surface area contributed by atoms with Gasteiger partial charge >= 0.3 is 0 Å². The van der Waals surface area contributed by atoms with Gasteiger partial charge in [0.2, 0.25) is 0 Å². The molecule has 7 nitrogen and oxygen atoms in total. The number of nitrogens with zero attached hydrogens (tertiary/aromatic N) is 2. The molecule has 1 saturated heterocycles. The summed E-state index contributed by atoms with van der Waals surface area (Å²) in [6, 6.07) is 8.82. The number of hydrogen-bond acceptors (Lipinski definition) is 5. The molecule has 0 radical (unpaired) electrons. The average molecular weight is 486 g/mol. The van der Waals surface area contributed by atoms with Crippen LogP contribution in [0.3, 0.4) is 0 Å². The molecule has 0 spiro atoms. The number of anilines is 2. The second-order valence-electron chi connectivity index (χ2n) is 8.32. The number of hydrogen-bond donors (Lipinski definition) is 1. The summed E-state index contributed by atoms with van der Waals surface area (Å²) in [7, 11) is 3.05. The summed E-state index contributed by atoms with van der Waals surface area (Å²) in [5.74, 6) is -0.708. The topological polar surface area (TPSA) is 65.0 Å². The van der Waals surface area contributed by atoms with Crippen LogP contribution < -0.4 is 19.7 Å². The Kier molecular flexibility index (Phi) is 7.25. The number of carbonyl (C=O) groups is 1. The highest BCUT2D eigenvalue weighted by atomic mass is 19.1. The molecule has 2 aromatic carbocycles. The molecule has 1 aromatic heterocycles. The second kappa shape index (κ2) is 10.4. The average Bonchev–Trinajstić information content (AvgIpc) is 3.10. The van der Waals surface area contributed by atoms with Crippen molar-refractivity contribution in [3.05, 3.63) is 70.5 Å². The first-order valence-corrected chi connectivity index (χ1v) is 11.3. The maximum Gasteiger partial charge on any atom is 0.272 e. The van der Waals surface area contributed by atoms with Crippen LogP contribution in [0.1, 0.15) is 27.3 Å². The Labute approximate surface area is 203 Å². The van der Waals surface area contributed by atoms with Crippen molar-refractivity contribution >= 4 is 17.3 Å². The maximum absolute atomic E-state index is 14.6. The van der Waals surface area contributed by atoms with Gasteiger partial charge in [-0.25, -0.2) is 8.78 Å². The van der Waals surface area contributed by atoms with Gasteiger partial charge in [0.1, 0.15) is 17.3 Å². The predicted octanol–water partition coefficient (Wildman–Crippen LogP) is 4.54. The fourth-order valence-electron chi connectivity index (χ4n) is 4.57. The number of ether oxygens (including phenoxy) is 3. The molecule has 186 valence electrons. The zero-order valence-electron chi connectivity index (χ0n) is 20.3. The lowest BCUT2D eigenvalue weighted by molar-refractivity contribution is 0.101. The maximum atomic E-state index is 14.6. The van der Waals surface area contributed by atoms with Crippen molar-refractivity contribution in [3.8, 4) is 11.5 Å². The molecule has 0 bridgehead atoms. The van der Waals surface area contributed by atoms with Gasteiger partial charge in [0.25, 0.3) is 5.91 Å². The molecule has 0 unspecified atom stereocenters. The standard InChI is InChI=1S/C26H29F2N3O4/c1-16-24(30-10-12-35-13-11-30)17(2)31(15-19-20(27)6-5-7-21(19)28)25(16)26(32)29-18-8-9-22(33-3)23(14-18)34-4/h5-9,14H,10-13,15H2,1-4H3,(H,29,32). The molecule has 0 aliphatic carbocycles. The van der Waals surface area contributed by atoms with E-state index in [-0.39, 0.29) is 12.1 Å². The minimum atomic E-state index is -0.657. The molecule has 1 fully saturated rings. The summed E-state index contributed by atoms with van der Waals surface area (Å²) in [5, 5.41) is 2.90. The van der Waals surface area contributed by atoms with Crippen LogP contribution in [0.4, 0.5) is 20.2 Å². The van der Waals surface area contributed by atoms with Gasteiger partial charge < -0.3 is 29.0 Å². The Morgan fingerprint density at radius 3 is 2.31 bits per heavy atom. The predicted molar refractivity (Wildman–Crippen MR) is 130 cm³/mol. The first-order valence-electron chi connectivity index (χ1n) is 11.3. The number of carbonyl (C=O) groups excluding carboxylic acids is 1. The quantitative estimate of drug-likeness (QED) is 0.533. The molecule has 35 heavy (non-hydrogen) atoms. The Balaban J connectivity index is 1.77. The van der Waals surface area contributed by atoms with Gasteiger partial charge in [-0.15, -0.1) is 0 Å². The molecule has 1 aliphatic heterocycles. The summed E-state index contributed by atoms with van der Waals surface area (Å²) in [6.45, 7) is 6.06. The Morgan fingerprint density at radius 1 is 1.03 bits per heavy atom. The van der Waals surface area contributed by atoms with Gasteiger partial charge in [-0.2, -0.15) is 0 Å². The van der Waals surface area contributed by atoms with Crippen LogP contribution in [-0.2, 0) is 11.3 Å². The van der Waals surface area contributed by atoms with E-state index in [0.29, 0.717) is 49.2 Å². The van der Waals surface area contributed by atoms with E-state index in [1.165, 1.54) is 32.4 Å². The first-order chi connectivity index (χ1) is 16.8. The molecule has 1 aliphatic rings. The van der Waals surface area contributed by atoms with Crippen LogP contribution in [0.15, 0.2) is 36.4 Å². The van der Waals surface area contributed by atoms with Crippen LogP contribution in [0, 0.1) is 25.5 Å². The summed E-state index contributed by atoms with van der Waals surface area (Å²) in [5.41, 5.74) is 3.11. The highest BCUT2D eigenvalue weighted by Gasteiger charge is 2.28. The van der Waals surface area contributed by atoms with E-state index in [0.717, 1.165) is 16.9 Å². The van der Waals surface area contributed by atoms with E-state index in [9.17, 15) is 13.6 Å². The number of methoxy groups -OCH3 is 2. The fraction of sp³-hybridized carbons (Fsp3) is 0.346. The van der Waals surface area contributed by atoms with Crippen LogP contribution in [0.25, 0.3) is 0 Å². The highest BCUT2D eigenvalue weighted by molar-refractivity contribution is 6.05. The first kappa shape index (κ1) is 24.5. The van der Waals surface area contributed by atoms with Crippen molar-refractivity contribution in [2.75, 3.05) is 50.7 Å². The minimum absolute atomic E-state index is 0.0979. The number of halogens is 2. The summed E-state index contributed by atoms with van der Waals surface area (Å²) in [4.78, 5) is 15.7. The summed E-state index contributed by atoms with van der Waals surface area (Å²) in [6.07, 6.45) is 0. The number of benzene rings is 2. The van der Waals surface area contributed by atoms with Gasteiger partial charge in [0.15, 0.2) is 11.5 Å². The second-order valence-corrected chi connectivity index (χ2v) is 8.32. The molecule has 9 heteroatoms. The van der Waals surface area contributed by atoms with Crippen LogP contribution >= 0.6 is 0 Å². The Bertz CT molecular complexity index is 1220. The van der Waals surface area contributed by atoms with E-state index in [1.54, 1.807) is 22.8 Å². The number of nitrogens with one attached hydrogen (secondary N) is 1. The molecule has 2 heterocycles. The van der Waals surface area contributed by atoms with Crippen LogP contribution in [-0.4, -0.2) is 51.0 Å². The van der Waals surface area contributed by atoms with Crippen LogP contribution in [0.2, 0.25) is 0 Å². The van der Waals surface area contributed by atoms with E-state index in [2.05, 4.69) is 10.2 Å². The smallest absolute Gasteiger partial charge is 0.272 e. The lowest BCUT2D eigenvalue weighted by Crippen LogP contribution is -2.36. The number of rotatable bonds is 7. The molecule has 4 rings (SSSR count). The zero-order valence-corrected chi connectivity index (χ0v) is 20.3. The normalized spacial score (nSPS) is 13.6. The van der Waals surface area contributed by atoms with E-state index >= 15 is 0 Å². The Morgan fingerprint density at radius 2 is 1.69 bits per heavy atom. The summed E-state index contributed by atoms with van der Waals surface area (Å²) < 4.78 is 46.9. The third-order valence-corrected chi connectivity index (χ3v) is 6.29. The van der Waals surface area contributed by atoms with E-state index < -0.39 is 17.5 Å². The van der Waals surface area contributed by atoms with Crippen molar-refractivity contribution in [1.82, 2.24) is 4.57 Å². The van der Waals surface area contributed by atoms with Gasteiger partial charge in [-0.3, -0.25) is 4.79 Å². The molecule has 1 N–H and O–H groups in total. The molecule has 0 saturated carbocycles. The number of amides is 1. The molecular formula is C26H29F2N3O4. The Hall–Kier alpha value is -3.59. The molecular weight excluding hydrogens is 456 g/mol. The highest BCUT2D eigenvalue weighted by Crippen LogP contribution is 2.34. The van der Waals surface area contributed by atoms with E-state index in [4.69, 9.17) is 14.2 Å². The zero-order chi connectivity index (χ0) is 25.1. The van der Waals surface area contributed by atoms with Crippen molar-refractivity contribution in [2.24, 2.45) is 0 Å². The minimum Gasteiger partial charge on any atom is -0.493 e. The van der Waals surface area contributed by atoms with Crippen molar-refractivity contribution < 1.29 is 27.8 Å². The number of aromatic nitrogens is 1. The lowest BCUT2D eigenvalue weighted by atomic mass is 10.1.